The summed E-state index contributed by atoms with van der Waals surface area (Å²) in [6, 6.07) is 1.81. The number of pyridine rings is 1. The lowest BCUT2D eigenvalue weighted by atomic mass is 10.1. The summed E-state index contributed by atoms with van der Waals surface area (Å²) in [7, 11) is 0. The number of carbonyl (C=O) groups is 1. The van der Waals surface area contributed by atoms with Crippen molar-refractivity contribution in [3.63, 3.8) is 0 Å². The number of nitrogens with zero attached hydrogens (tertiary/aromatic N) is 1. The maximum Gasteiger partial charge on any atom is 0.253 e. The quantitative estimate of drug-likeness (QED) is 0.860. The second kappa shape index (κ2) is 6.48. The van der Waals surface area contributed by atoms with E-state index in [1.165, 1.54) is 6.20 Å². The first-order valence-corrected chi connectivity index (χ1v) is 5.93. The van der Waals surface area contributed by atoms with Crippen molar-refractivity contribution in [2.75, 3.05) is 0 Å². The van der Waals surface area contributed by atoms with E-state index in [9.17, 15) is 4.79 Å². The molecule has 1 aromatic rings. The molecule has 0 bridgehead atoms. The highest BCUT2D eigenvalue weighted by atomic mass is 35.5. The summed E-state index contributed by atoms with van der Waals surface area (Å²) in [6.07, 6.45) is 6.29. The summed E-state index contributed by atoms with van der Waals surface area (Å²) < 4.78 is 0. The van der Waals surface area contributed by atoms with Gasteiger partial charge < -0.3 is 5.32 Å². The van der Waals surface area contributed by atoms with Gasteiger partial charge >= 0.3 is 0 Å². The van der Waals surface area contributed by atoms with Crippen LogP contribution in [0.4, 0.5) is 0 Å². The van der Waals surface area contributed by atoms with Gasteiger partial charge in [-0.15, -0.1) is 0 Å². The number of nitrogens with one attached hydrogen (secondary N) is 1. The number of hydrogen-bond donors (Lipinski definition) is 1. The van der Waals surface area contributed by atoms with Crippen LogP contribution in [0, 0.1) is 0 Å². The number of hydrogen-bond acceptors (Lipinski definition) is 2. The van der Waals surface area contributed by atoms with Gasteiger partial charge in [-0.3, -0.25) is 9.78 Å². The molecule has 0 fully saturated rings. The van der Waals surface area contributed by atoms with Gasteiger partial charge in [0.2, 0.25) is 0 Å². The third kappa shape index (κ3) is 3.81. The molecule has 1 rings (SSSR count). The normalized spacial score (nSPS) is 12.2. The molecule has 1 aromatic heterocycles. The summed E-state index contributed by atoms with van der Waals surface area (Å²) >= 11 is 5.88. The SMILES string of the molecule is CCCCC(C)NC(=O)c1ccncc1Cl. The van der Waals surface area contributed by atoms with Crippen molar-refractivity contribution in [1.82, 2.24) is 10.3 Å². The number of aromatic nitrogens is 1. The standard InChI is InChI=1S/C12H17ClN2O/c1-3-4-5-9(2)15-12(16)10-6-7-14-8-11(10)13/h6-9H,3-5H2,1-2H3,(H,15,16). The summed E-state index contributed by atoms with van der Waals surface area (Å²) in [4.78, 5) is 15.7. The molecule has 1 atom stereocenters. The van der Waals surface area contributed by atoms with E-state index in [2.05, 4.69) is 17.2 Å². The topological polar surface area (TPSA) is 42.0 Å². The molecule has 1 N–H and O–H groups in total. The molecule has 0 aliphatic rings. The summed E-state index contributed by atoms with van der Waals surface area (Å²) in [6.45, 7) is 4.14. The van der Waals surface area contributed by atoms with E-state index >= 15 is 0 Å². The van der Waals surface area contributed by atoms with Gasteiger partial charge in [0.05, 0.1) is 10.6 Å². The van der Waals surface area contributed by atoms with Gasteiger partial charge in [-0.2, -0.15) is 0 Å². The Morgan fingerprint density at radius 1 is 1.62 bits per heavy atom. The summed E-state index contributed by atoms with van der Waals surface area (Å²) in [5.41, 5.74) is 0.486. The zero-order valence-electron chi connectivity index (χ0n) is 9.66. The molecule has 1 amide bonds. The average Bonchev–Trinajstić information content (AvgIpc) is 2.26. The Hall–Kier alpha value is -1.09. The van der Waals surface area contributed by atoms with Crippen LogP contribution in [0.3, 0.4) is 0 Å². The van der Waals surface area contributed by atoms with E-state index < -0.39 is 0 Å². The molecule has 0 aromatic carbocycles. The van der Waals surface area contributed by atoms with Crippen LogP contribution in [0.2, 0.25) is 5.02 Å². The molecule has 0 spiro atoms. The van der Waals surface area contributed by atoms with E-state index in [4.69, 9.17) is 11.6 Å². The maximum atomic E-state index is 11.8. The fourth-order valence-electron chi connectivity index (χ4n) is 1.44. The second-order valence-corrected chi connectivity index (χ2v) is 4.28. The van der Waals surface area contributed by atoms with Gasteiger partial charge in [-0.1, -0.05) is 31.4 Å². The number of carbonyl (C=O) groups excluding carboxylic acids is 1. The van der Waals surface area contributed by atoms with Gasteiger partial charge in [0.15, 0.2) is 0 Å². The number of halogens is 1. The van der Waals surface area contributed by atoms with Crippen LogP contribution >= 0.6 is 11.6 Å². The highest BCUT2D eigenvalue weighted by Gasteiger charge is 2.12. The summed E-state index contributed by atoms with van der Waals surface area (Å²) in [5, 5.41) is 3.31. The van der Waals surface area contributed by atoms with Gasteiger partial charge in [-0.25, -0.2) is 0 Å². The van der Waals surface area contributed by atoms with Gasteiger partial charge in [0, 0.05) is 18.4 Å². The molecular formula is C12H17ClN2O. The minimum atomic E-state index is -0.129. The van der Waals surface area contributed by atoms with Gasteiger partial charge in [0.1, 0.15) is 0 Å². The van der Waals surface area contributed by atoms with Crippen LogP contribution in [0.5, 0.6) is 0 Å². The Morgan fingerprint density at radius 2 is 2.38 bits per heavy atom. The van der Waals surface area contributed by atoms with Crippen molar-refractivity contribution in [2.24, 2.45) is 0 Å². The highest BCUT2D eigenvalue weighted by molar-refractivity contribution is 6.33. The molecule has 3 nitrogen and oxygen atoms in total. The van der Waals surface area contributed by atoms with Crippen LogP contribution < -0.4 is 5.32 Å². The number of unbranched alkanes of at least 4 members (excludes halogenated alkanes) is 1. The smallest absolute Gasteiger partial charge is 0.253 e. The molecule has 0 saturated carbocycles. The number of rotatable bonds is 5. The molecule has 0 aliphatic heterocycles. The Kier molecular flexibility index (Phi) is 5.26. The van der Waals surface area contributed by atoms with E-state index in [1.54, 1.807) is 12.3 Å². The van der Waals surface area contributed by atoms with E-state index in [1.807, 2.05) is 6.92 Å². The lowest BCUT2D eigenvalue weighted by Crippen LogP contribution is -2.32. The first-order valence-electron chi connectivity index (χ1n) is 5.55. The van der Waals surface area contributed by atoms with Crippen molar-refractivity contribution in [1.29, 1.82) is 0 Å². The second-order valence-electron chi connectivity index (χ2n) is 3.87. The van der Waals surface area contributed by atoms with Gasteiger partial charge in [-0.05, 0) is 19.4 Å². The Labute approximate surface area is 101 Å². The predicted octanol–water partition coefficient (Wildman–Crippen LogP) is 3.04. The zero-order valence-corrected chi connectivity index (χ0v) is 10.4. The van der Waals surface area contributed by atoms with Gasteiger partial charge in [0.25, 0.3) is 5.91 Å². The molecular weight excluding hydrogens is 224 g/mol. The molecule has 1 unspecified atom stereocenters. The maximum absolute atomic E-state index is 11.8. The highest BCUT2D eigenvalue weighted by Crippen LogP contribution is 2.13. The van der Waals surface area contributed by atoms with Crippen LogP contribution in [0.15, 0.2) is 18.5 Å². The third-order valence-electron chi connectivity index (χ3n) is 2.39. The molecule has 4 heteroatoms. The van der Waals surface area contributed by atoms with Crippen LogP contribution in [-0.2, 0) is 0 Å². The number of amides is 1. The fraction of sp³-hybridized carbons (Fsp3) is 0.500. The largest absolute Gasteiger partial charge is 0.350 e. The lowest BCUT2D eigenvalue weighted by Gasteiger charge is -2.13. The average molecular weight is 241 g/mol. The molecule has 16 heavy (non-hydrogen) atoms. The lowest BCUT2D eigenvalue weighted by molar-refractivity contribution is 0.0938. The molecule has 0 aliphatic carbocycles. The zero-order chi connectivity index (χ0) is 12.0. The first-order chi connectivity index (χ1) is 7.65. The van der Waals surface area contributed by atoms with Crippen molar-refractivity contribution in [2.45, 2.75) is 39.2 Å². The fourth-order valence-corrected chi connectivity index (χ4v) is 1.65. The Morgan fingerprint density at radius 3 is 3.00 bits per heavy atom. The van der Waals surface area contributed by atoms with E-state index in [0.717, 1.165) is 19.3 Å². The van der Waals surface area contributed by atoms with Crippen LogP contribution in [0.1, 0.15) is 43.5 Å². The predicted molar refractivity (Wildman–Crippen MR) is 65.7 cm³/mol. The van der Waals surface area contributed by atoms with Crippen LogP contribution in [0.25, 0.3) is 0 Å². The van der Waals surface area contributed by atoms with Crippen molar-refractivity contribution in [3.8, 4) is 0 Å². The van der Waals surface area contributed by atoms with Crippen molar-refractivity contribution >= 4 is 17.5 Å². The third-order valence-corrected chi connectivity index (χ3v) is 2.69. The minimum absolute atomic E-state index is 0.129. The van der Waals surface area contributed by atoms with Crippen molar-refractivity contribution in [3.05, 3.63) is 29.0 Å². The molecule has 88 valence electrons. The molecule has 0 saturated heterocycles. The minimum Gasteiger partial charge on any atom is -0.350 e. The summed E-state index contributed by atoms with van der Waals surface area (Å²) in [5.74, 6) is -0.129. The van der Waals surface area contributed by atoms with E-state index in [-0.39, 0.29) is 11.9 Å². The van der Waals surface area contributed by atoms with Crippen LogP contribution in [-0.4, -0.2) is 16.9 Å². The van der Waals surface area contributed by atoms with Crippen molar-refractivity contribution < 1.29 is 4.79 Å². The molecule has 0 radical (unpaired) electrons. The monoisotopic (exact) mass is 240 g/mol. The Balaban J connectivity index is 2.56. The Bertz CT molecular complexity index is 355. The molecule has 1 heterocycles. The first kappa shape index (κ1) is 13.0. The van der Waals surface area contributed by atoms with E-state index in [0.29, 0.717) is 10.6 Å².